The second-order valence-corrected chi connectivity index (χ2v) is 7.16. The molecule has 1 fully saturated rings. The Kier molecular flexibility index (Phi) is 5.41. The van der Waals surface area contributed by atoms with Gasteiger partial charge in [0.2, 0.25) is 5.91 Å². The summed E-state index contributed by atoms with van der Waals surface area (Å²) >= 11 is 1.63. The van der Waals surface area contributed by atoms with Crippen LogP contribution < -0.4 is 10.6 Å². The molecule has 2 N–H and O–H groups in total. The number of thiazole rings is 1. The maximum absolute atomic E-state index is 12.2. The minimum Gasteiger partial charge on any atom is -0.351 e. The highest BCUT2D eigenvalue weighted by molar-refractivity contribution is 7.09. The molecule has 4 nitrogen and oxygen atoms in total. The summed E-state index contributed by atoms with van der Waals surface area (Å²) in [6, 6.07) is 10.5. The van der Waals surface area contributed by atoms with E-state index >= 15 is 0 Å². The number of hydrogen-bond donors (Lipinski definition) is 2. The smallest absolute Gasteiger partial charge is 0.226 e. The summed E-state index contributed by atoms with van der Waals surface area (Å²) in [5, 5.41) is 9.54. The van der Waals surface area contributed by atoms with Crippen molar-refractivity contribution >= 4 is 17.2 Å². The maximum Gasteiger partial charge on any atom is 0.226 e. The van der Waals surface area contributed by atoms with Crippen LogP contribution in [0.4, 0.5) is 0 Å². The lowest BCUT2D eigenvalue weighted by Crippen LogP contribution is -2.50. The first-order valence-corrected chi connectivity index (χ1v) is 9.06. The van der Waals surface area contributed by atoms with E-state index in [0.29, 0.717) is 12.3 Å². The van der Waals surface area contributed by atoms with Crippen molar-refractivity contribution in [2.45, 2.75) is 32.2 Å². The van der Waals surface area contributed by atoms with E-state index < -0.39 is 0 Å². The standard InChI is InChI=1S/C18H23N3OS/c1-13-7-8-19-11-16(13)21-17(22)10-15-12-23-18(20-15)9-14-5-3-2-4-6-14/h2-6,12-13,16,19H,7-11H2,1H3,(H,21,22). The third-order valence-electron chi connectivity index (χ3n) is 4.31. The van der Waals surface area contributed by atoms with Gasteiger partial charge in [-0.2, -0.15) is 0 Å². The predicted octanol–water partition coefficient (Wildman–Crippen LogP) is 2.39. The molecule has 5 heteroatoms. The van der Waals surface area contributed by atoms with E-state index in [9.17, 15) is 4.79 Å². The number of benzene rings is 1. The Bertz CT molecular complexity index is 641. The molecule has 122 valence electrons. The van der Waals surface area contributed by atoms with Gasteiger partial charge in [-0.05, 0) is 24.4 Å². The Labute approximate surface area is 141 Å². The van der Waals surface area contributed by atoms with Crippen molar-refractivity contribution in [2.24, 2.45) is 5.92 Å². The Hall–Kier alpha value is -1.72. The van der Waals surface area contributed by atoms with E-state index in [-0.39, 0.29) is 11.9 Å². The van der Waals surface area contributed by atoms with E-state index in [1.54, 1.807) is 11.3 Å². The molecule has 2 heterocycles. The number of carbonyl (C=O) groups is 1. The van der Waals surface area contributed by atoms with Crippen LogP contribution in [0.2, 0.25) is 0 Å². The number of nitrogens with zero attached hydrogens (tertiary/aromatic N) is 1. The number of hydrogen-bond acceptors (Lipinski definition) is 4. The van der Waals surface area contributed by atoms with Gasteiger partial charge in [-0.1, -0.05) is 37.3 Å². The van der Waals surface area contributed by atoms with Gasteiger partial charge >= 0.3 is 0 Å². The number of aromatic nitrogens is 1. The fourth-order valence-corrected chi connectivity index (χ4v) is 3.72. The summed E-state index contributed by atoms with van der Waals surface area (Å²) in [7, 11) is 0. The van der Waals surface area contributed by atoms with Gasteiger partial charge < -0.3 is 10.6 Å². The molecular formula is C18H23N3OS. The minimum atomic E-state index is 0.0714. The first-order valence-electron chi connectivity index (χ1n) is 8.18. The Balaban J connectivity index is 1.53. The van der Waals surface area contributed by atoms with E-state index in [1.807, 2.05) is 23.6 Å². The van der Waals surface area contributed by atoms with Crippen LogP contribution in [-0.4, -0.2) is 30.0 Å². The molecule has 1 amide bonds. The number of carbonyl (C=O) groups excluding carboxylic acids is 1. The SMILES string of the molecule is CC1CCNCC1NC(=O)Cc1csc(Cc2ccccc2)n1. The highest BCUT2D eigenvalue weighted by Crippen LogP contribution is 2.16. The molecule has 1 aliphatic heterocycles. The minimum absolute atomic E-state index is 0.0714. The molecule has 2 unspecified atom stereocenters. The molecule has 3 rings (SSSR count). The average molecular weight is 329 g/mol. The van der Waals surface area contributed by atoms with Crippen molar-refractivity contribution in [2.75, 3.05) is 13.1 Å². The van der Waals surface area contributed by atoms with Gasteiger partial charge in [-0.15, -0.1) is 11.3 Å². The number of amides is 1. The predicted molar refractivity (Wildman–Crippen MR) is 93.6 cm³/mol. The lowest BCUT2D eigenvalue weighted by molar-refractivity contribution is -0.121. The van der Waals surface area contributed by atoms with Crippen molar-refractivity contribution in [1.82, 2.24) is 15.6 Å². The Morgan fingerprint density at radius 2 is 2.22 bits per heavy atom. The van der Waals surface area contributed by atoms with Gasteiger partial charge in [-0.3, -0.25) is 4.79 Å². The first kappa shape index (κ1) is 16.1. The van der Waals surface area contributed by atoms with E-state index in [2.05, 4.69) is 34.7 Å². The molecule has 1 aromatic carbocycles. The molecule has 0 spiro atoms. The Morgan fingerprint density at radius 3 is 3.00 bits per heavy atom. The quantitative estimate of drug-likeness (QED) is 0.885. The second-order valence-electron chi connectivity index (χ2n) is 6.22. The summed E-state index contributed by atoms with van der Waals surface area (Å²) in [6.07, 6.45) is 2.31. The van der Waals surface area contributed by atoms with Crippen LogP contribution in [0.3, 0.4) is 0 Å². The number of nitrogens with one attached hydrogen (secondary N) is 2. The van der Waals surface area contributed by atoms with Gasteiger partial charge in [0, 0.05) is 24.4 Å². The largest absolute Gasteiger partial charge is 0.351 e. The van der Waals surface area contributed by atoms with Gasteiger partial charge in [0.1, 0.15) is 0 Å². The Morgan fingerprint density at radius 1 is 1.39 bits per heavy atom. The van der Waals surface area contributed by atoms with E-state index in [1.165, 1.54) is 5.56 Å². The lowest BCUT2D eigenvalue weighted by atomic mass is 9.95. The molecule has 1 saturated heterocycles. The van der Waals surface area contributed by atoms with Crippen LogP contribution in [0, 0.1) is 5.92 Å². The van der Waals surface area contributed by atoms with Crippen LogP contribution >= 0.6 is 11.3 Å². The topological polar surface area (TPSA) is 54.0 Å². The van der Waals surface area contributed by atoms with E-state index in [4.69, 9.17) is 0 Å². The molecule has 0 radical (unpaired) electrons. The molecule has 0 bridgehead atoms. The van der Waals surface area contributed by atoms with Gasteiger partial charge in [0.05, 0.1) is 17.1 Å². The molecule has 1 aromatic heterocycles. The summed E-state index contributed by atoms with van der Waals surface area (Å²) in [5.74, 6) is 0.603. The highest BCUT2D eigenvalue weighted by Gasteiger charge is 2.22. The molecule has 0 saturated carbocycles. The van der Waals surface area contributed by atoms with Crippen LogP contribution in [-0.2, 0) is 17.6 Å². The van der Waals surface area contributed by atoms with Crippen molar-refractivity contribution < 1.29 is 4.79 Å². The number of piperidine rings is 1. The average Bonchev–Trinajstić information content (AvgIpc) is 2.97. The zero-order valence-electron chi connectivity index (χ0n) is 13.4. The van der Waals surface area contributed by atoms with Crippen molar-refractivity contribution in [3.05, 3.63) is 52.0 Å². The zero-order chi connectivity index (χ0) is 16.1. The van der Waals surface area contributed by atoms with Gasteiger partial charge in [0.25, 0.3) is 0 Å². The van der Waals surface area contributed by atoms with Crippen LogP contribution in [0.25, 0.3) is 0 Å². The highest BCUT2D eigenvalue weighted by atomic mass is 32.1. The molecule has 0 aliphatic carbocycles. The van der Waals surface area contributed by atoms with E-state index in [0.717, 1.165) is 36.6 Å². The molecule has 2 atom stereocenters. The maximum atomic E-state index is 12.2. The van der Waals surface area contributed by atoms with Crippen molar-refractivity contribution in [1.29, 1.82) is 0 Å². The normalized spacial score (nSPS) is 21.1. The monoisotopic (exact) mass is 329 g/mol. The molecule has 23 heavy (non-hydrogen) atoms. The van der Waals surface area contributed by atoms with Gasteiger partial charge in [0.15, 0.2) is 0 Å². The van der Waals surface area contributed by atoms with Crippen LogP contribution in [0.1, 0.15) is 29.6 Å². The van der Waals surface area contributed by atoms with Gasteiger partial charge in [-0.25, -0.2) is 4.98 Å². The van der Waals surface area contributed by atoms with Crippen molar-refractivity contribution in [3.63, 3.8) is 0 Å². The number of rotatable bonds is 5. The summed E-state index contributed by atoms with van der Waals surface area (Å²) < 4.78 is 0. The summed E-state index contributed by atoms with van der Waals surface area (Å²) in [5.41, 5.74) is 2.12. The second kappa shape index (κ2) is 7.70. The van der Waals surface area contributed by atoms with Crippen LogP contribution in [0.5, 0.6) is 0 Å². The van der Waals surface area contributed by atoms with Crippen LogP contribution in [0.15, 0.2) is 35.7 Å². The third kappa shape index (κ3) is 4.62. The summed E-state index contributed by atoms with van der Waals surface area (Å²) in [4.78, 5) is 16.8. The zero-order valence-corrected chi connectivity index (χ0v) is 14.2. The summed E-state index contributed by atoms with van der Waals surface area (Å²) in [6.45, 7) is 4.11. The fourth-order valence-electron chi connectivity index (χ4n) is 2.89. The van der Waals surface area contributed by atoms with Crippen molar-refractivity contribution in [3.8, 4) is 0 Å². The first-order chi connectivity index (χ1) is 11.2. The molecule has 1 aliphatic rings. The molecule has 2 aromatic rings. The third-order valence-corrected chi connectivity index (χ3v) is 5.21. The lowest BCUT2D eigenvalue weighted by Gasteiger charge is -2.30. The molecular weight excluding hydrogens is 306 g/mol. The fraction of sp³-hybridized carbons (Fsp3) is 0.444.